The lowest BCUT2D eigenvalue weighted by atomic mass is 10.2. The average Bonchev–Trinajstić information content (AvgIpc) is 3.21. The second-order valence-corrected chi connectivity index (χ2v) is 8.18. The van der Waals surface area contributed by atoms with Crippen molar-refractivity contribution >= 4 is 40.9 Å². The number of nitrogens with zero attached hydrogens (tertiary/aromatic N) is 2. The van der Waals surface area contributed by atoms with Crippen molar-refractivity contribution < 1.29 is 28.7 Å². The molecule has 2 aromatic rings. The number of thioether (sulfide) groups is 1. The number of aryl methyl sites for hydroxylation is 1. The molecule has 1 aromatic heterocycles. The standard InChI is InChI=1S/C23H24N2O6S/c1-6-31-22(28)16-8-7-9-18(11-16)24-13(2)10-17(14(24)3)12-19-20(26)25(23(29)32-19)15(4)21(27)30-5/h7-12,15H,6H2,1-5H3/b19-12+/t15-/m1/s1. The lowest BCUT2D eigenvalue weighted by Crippen LogP contribution is -2.42. The van der Waals surface area contributed by atoms with E-state index in [2.05, 4.69) is 4.74 Å². The van der Waals surface area contributed by atoms with Crippen molar-refractivity contribution in [3.63, 3.8) is 0 Å². The minimum Gasteiger partial charge on any atom is -0.467 e. The Morgan fingerprint density at radius 3 is 2.56 bits per heavy atom. The van der Waals surface area contributed by atoms with Gasteiger partial charge in [0.05, 0.1) is 24.2 Å². The van der Waals surface area contributed by atoms with Crippen molar-refractivity contribution in [1.82, 2.24) is 9.47 Å². The van der Waals surface area contributed by atoms with Crippen molar-refractivity contribution in [3.05, 3.63) is 57.8 Å². The molecule has 9 heteroatoms. The molecule has 2 heterocycles. The zero-order valence-electron chi connectivity index (χ0n) is 18.5. The number of imide groups is 1. The monoisotopic (exact) mass is 456 g/mol. The number of rotatable bonds is 6. The summed E-state index contributed by atoms with van der Waals surface area (Å²) < 4.78 is 11.7. The summed E-state index contributed by atoms with van der Waals surface area (Å²) in [5, 5.41) is -0.518. The van der Waals surface area contributed by atoms with Crippen LogP contribution in [-0.4, -0.2) is 52.3 Å². The molecule has 1 aliphatic rings. The Hall–Kier alpha value is -3.33. The first-order valence-corrected chi connectivity index (χ1v) is 10.8. The Balaban J connectivity index is 1.95. The highest BCUT2D eigenvalue weighted by Crippen LogP contribution is 2.35. The lowest BCUT2D eigenvalue weighted by molar-refractivity contribution is -0.148. The van der Waals surface area contributed by atoms with Gasteiger partial charge in [-0.1, -0.05) is 6.07 Å². The van der Waals surface area contributed by atoms with Crippen LogP contribution in [0.25, 0.3) is 11.8 Å². The highest BCUT2D eigenvalue weighted by molar-refractivity contribution is 8.18. The first kappa shape index (κ1) is 23.3. The molecule has 0 aliphatic carbocycles. The average molecular weight is 457 g/mol. The number of hydrogen-bond acceptors (Lipinski definition) is 7. The summed E-state index contributed by atoms with van der Waals surface area (Å²) in [6.07, 6.45) is 1.64. The largest absolute Gasteiger partial charge is 0.467 e. The fraction of sp³-hybridized carbons (Fsp3) is 0.304. The number of aromatic nitrogens is 1. The van der Waals surface area contributed by atoms with Gasteiger partial charge in [-0.2, -0.15) is 0 Å². The molecule has 1 saturated heterocycles. The maximum absolute atomic E-state index is 12.8. The van der Waals surface area contributed by atoms with Crippen LogP contribution in [0.4, 0.5) is 4.79 Å². The Morgan fingerprint density at radius 2 is 1.91 bits per heavy atom. The number of ether oxygens (including phenoxy) is 2. The van der Waals surface area contributed by atoms with E-state index in [-0.39, 0.29) is 4.91 Å². The zero-order chi connectivity index (χ0) is 23.6. The molecule has 1 aliphatic heterocycles. The number of hydrogen-bond donors (Lipinski definition) is 0. The molecule has 168 valence electrons. The summed E-state index contributed by atoms with van der Waals surface area (Å²) >= 11 is 0.785. The van der Waals surface area contributed by atoms with Gasteiger partial charge in [-0.15, -0.1) is 0 Å². The molecule has 32 heavy (non-hydrogen) atoms. The number of esters is 2. The van der Waals surface area contributed by atoms with Crippen molar-refractivity contribution in [2.75, 3.05) is 13.7 Å². The molecule has 0 saturated carbocycles. The predicted octanol–water partition coefficient (Wildman–Crippen LogP) is 3.87. The number of benzene rings is 1. The summed E-state index contributed by atoms with van der Waals surface area (Å²) in [5.74, 6) is -1.59. The van der Waals surface area contributed by atoms with Gasteiger partial charge in [0, 0.05) is 17.1 Å². The van der Waals surface area contributed by atoms with Crippen molar-refractivity contribution in [2.24, 2.45) is 0 Å². The van der Waals surface area contributed by atoms with Gasteiger partial charge in [-0.05, 0) is 75.4 Å². The van der Waals surface area contributed by atoms with Crippen molar-refractivity contribution in [2.45, 2.75) is 33.7 Å². The van der Waals surface area contributed by atoms with Crippen molar-refractivity contribution in [3.8, 4) is 5.69 Å². The molecule has 1 aromatic carbocycles. The van der Waals surface area contributed by atoms with E-state index in [4.69, 9.17) is 4.74 Å². The SMILES string of the molecule is CCOC(=O)c1cccc(-n2c(C)cc(/C=C3/SC(=O)N([C@H](C)C(=O)OC)C3=O)c2C)c1. The van der Waals surface area contributed by atoms with E-state index in [1.165, 1.54) is 14.0 Å². The third-order valence-corrected chi connectivity index (χ3v) is 6.01. The van der Waals surface area contributed by atoms with Crippen LogP contribution in [0.1, 0.15) is 41.2 Å². The quantitative estimate of drug-likeness (QED) is 0.481. The second kappa shape index (κ2) is 9.44. The van der Waals surface area contributed by atoms with Crippen LogP contribution < -0.4 is 0 Å². The molecule has 3 rings (SSSR count). The molecule has 0 bridgehead atoms. The van der Waals surface area contributed by atoms with Gasteiger partial charge in [0.1, 0.15) is 6.04 Å². The molecule has 0 radical (unpaired) electrons. The first-order chi connectivity index (χ1) is 15.2. The fourth-order valence-corrected chi connectivity index (χ4v) is 4.45. The van der Waals surface area contributed by atoms with Gasteiger partial charge in [0.2, 0.25) is 0 Å². The van der Waals surface area contributed by atoms with Crippen LogP contribution in [-0.2, 0) is 19.1 Å². The zero-order valence-corrected chi connectivity index (χ0v) is 19.3. The summed E-state index contributed by atoms with van der Waals surface area (Å²) in [4.78, 5) is 50.2. The number of amides is 2. The van der Waals surface area contributed by atoms with E-state index in [0.29, 0.717) is 12.2 Å². The van der Waals surface area contributed by atoms with Crippen LogP contribution >= 0.6 is 11.8 Å². The van der Waals surface area contributed by atoms with Crippen LogP contribution in [0.15, 0.2) is 35.2 Å². The molecular formula is C23H24N2O6S. The molecule has 0 unspecified atom stereocenters. The van der Waals surface area contributed by atoms with Crippen molar-refractivity contribution in [1.29, 1.82) is 0 Å². The minimum absolute atomic E-state index is 0.228. The van der Waals surface area contributed by atoms with Gasteiger partial charge in [-0.25, -0.2) is 9.59 Å². The van der Waals surface area contributed by atoms with Crippen LogP contribution in [0, 0.1) is 13.8 Å². The van der Waals surface area contributed by atoms with Crippen LogP contribution in [0.2, 0.25) is 0 Å². The van der Waals surface area contributed by atoms with E-state index in [1.54, 1.807) is 31.2 Å². The highest BCUT2D eigenvalue weighted by atomic mass is 32.2. The molecule has 0 spiro atoms. The maximum atomic E-state index is 12.8. The molecule has 1 atom stereocenters. The summed E-state index contributed by atoms with van der Waals surface area (Å²) in [6.45, 7) is 7.29. The molecular weight excluding hydrogens is 432 g/mol. The van der Waals surface area contributed by atoms with E-state index in [1.807, 2.05) is 30.5 Å². The van der Waals surface area contributed by atoms with E-state index >= 15 is 0 Å². The van der Waals surface area contributed by atoms with Crippen LogP contribution in [0.5, 0.6) is 0 Å². The normalized spacial score (nSPS) is 15.9. The third kappa shape index (κ3) is 4.34. The third-order valence-electron chi connectivity index (χ3n) is 5.13. The molecule has 2 amide bonds. The Morgan fingerprint density at radius 1 is 1.19 bits per heavy atom. The van der Waals surface area contributed by atoms with Gasteiger partial charge in [0.25, 0.3) is 11.1 Å². The van der Waals surface area contributed by atoms with E-state index in [0.717, 1.165) is 39.3 Å². The predicted molar refractivity (Wildman–Crippen MR) is 120 cm³/mol. The lowest BCUT2D eigenvalue weighted by Gasteiger charge is -2.18. The Kier molecular flexibility index (Phi) is 6.88. The topological polar surface area (TPSA) is 94.9 Å². The van der Waals surface area contributed by atoms with Gasteiger partial charge in [0.15, 0.2) is 0 Å². The number of carbonyl (C=O) groups is 4. The number of carbonyl (C=O) groups excluding carboxylic acids is 4. The Labute approximate surface area is 190 Å². The van der Waals surface area contributed by atoms with Gasteiger partial charge >= 0.3 is 11.9 Å². The smallest absolute Gasteiger partial charge is 0.338 e. The van der Waals surface area contributed by atoms with Crippen LogP contribution in [0.3, 0.4) is 0 Å². The minimum atomic E-state index is -1.00. The maximum Gasteiger partial charge on any atom is 0.338 e. The molecule has 1 fully saturated rings. The van der Waals surface area contributed by atoms with Gasteiger partial charge in [-0.3, -0.25) is 14.5 Å². The Bertz CT molecular complexity index is 1130. The summed E-state index contributed by atoms with van der Waals surface area (Å²) in [7, 11) is 1.21. The van der Waals surface area contributed by atoms with Gasteiger partial charge < -0.3 is 14.0 Å². The highest BCUT2D eigenvalue weighted by Gasteiger charge is 2.41. The summed E-state index contributed by atoms with van der Waals surface area (Å²) in [6, 6.07) is 7.97. The molecule has 8 nitrogen and oxygen atoms in total. The number of methoxy groups -OCH3 is 1. The second-order valence-electron chi connectivity index (χ2n) is 7.18. The molecule has 0 N–H and O–H groups in total. The van der Waals surface area contributed by atoms with E-state index < -0.39 is 29.1 Å². The summed E-state index contributed by atoms with van der Waals surface area (Å²) in [5.41, 5.74) is 3.68. The first-order valence-electron chi connectivity index (χ1n) is 10.0. The van der Waals surface area contributed by atoms with E-state index in [9.17, 15) is 19.2 Å². The fourth-order valence-electron chi connectivity index (χ4n) is 3.55.